The molecule has 0 bridgehead atoms. The van der Waals surface area contributed by atoms with Crippen LogP contribution in [-0.2, 0) is 9.53 Å². The number of nitrogens with one attached hydrogen (secondary N) is 1. The van der Waals surface area contributed by atoms with Gasteiger partial charge in [0, 0.05) is 26.2 Å². The minimum absolute atomic E-state index is 0.216. The smallest absolute Gasteiger partial charge is 0.317 e. The van der Waals surface area contributed by atoms with Crippen LogP contribution < -0.4 is 5.32 Å². The van der Waals surface area contributed by atoms with Crippen LogP contribution in [0, 0.1) is 5.92 Å². The van der Waals surface area contributed by atoms with Crippen molar-refractivity contribution in [3.05, 3.63) is 0 Å². The van der Waals surface area contributed by atoms with Gasteiger partial charge >= 0.3 is 12.0 Å². The Labute approximate surface area is 107 Å². The molecule has 0 saturated carbocycles. The van der Waals surface area contributed by atoms with Crippen LogP contribution in [0.15, 0.2) is 0 Å². The van der Waals surface area contributed by atoms with E-state index in [1.54, 1.807) is 4.90 Å². The fourth-order valence-corrected chi connectivity index (χ4v) is 1.99. The third kappa shape index (κ3) is 4.18. The summed E-state index contributed by atoms with van der Waals surface area (Å²) in [7, 11) is 0. The number of nitrogens with zero attached hydrogens (tertiary/aromatic N) is 1. The Bertz CT molecular complexity index is 317. The van der Waals surface area contributed by atoms with Crippen molar-refractivity contribution in [2.45, 2.75) is 32.8 Å². The van der Waals surface area contributed by atoms with E-state index < -0.39 is 17.5 Å². The highest BCUT2D eigenvalue weighted by molar-refractivity contribution is 5.77. The summed E-state index contributed by atoms with van der Waals surface area (Å²) < 4.78 is 5.47. The molecule has 0 aromatic carbocycles. The van der Waals surface area contributed by atoms with Crippen LogP contribution in [0.2, 0.25) is 0 Å². The Hall–Kier alpha value is -1.30. The number of hydrogen-bond donors (Lipinski definition) is 2. The molecule has 1 heterocycles. The second-order valence-corrected chi connectivity index (χ2v) is 5.12. The summed E-state index contributed by atoms with van der Waals surface area (Å²) in [6.07, 6.45) is 0.525. The standard InChI is InChI=1S/C12H22N2O4/c1-4-18-12(2,3)8-13-11(17)14-6-5-9(7-14)10(15)16/h9H,4-8H2,1-3H3,(H,13,17)(H,15,16). The van der Waals surface area contributed by atoms with Gasteiger partial charge in [-0.05, 0) is 27.2 Å². The van der Waals surface area contributed by atoms with Gasteiger partial charge in [0.25, 0.3) is 0 Å². The third-order valence-corrected chi connectivity index (χ3v) is 3.03. The summed E-state index contributed by atoms with van der Waals surface area (Å²) in [6, 6.07) is -0.216. The van der Waals surface area contributed by atoms with Crippen LogP contribution in [0.5, 0.6) is 0 Å². The normalized spacial score (nSPS) is 19.9. The van der Waals surface area contributed by atoms with Crippen LogP contribution >= 0.6 is 0 Å². The molecule has 1 aliphatic heterocycles. The lowest BCUT2D eigenvalue weighted by Gasteiger charge is -2.26. The van der Waals surface area contributed by atoms with Gasteiger partial charge in [0.1, 0.15) is 0 Å². The predicted octanol–water partition coefficient (Wildman–Crippen LogP) is 0.918. The molecule has 0 aromatic heterocycles. The van der Waals surface area contributed by atoms with E-state index in [0.29, 0.717) is 26.1 Å². The molecule has 6 heteroatoms. The summed E-state index contributed by atoms with van der Waals surface area (Å²) >= 11 is 0. The second kappa shape index (κ2) is 6.04. The summed E-state index contributed by atoms with van der Waals surface area (Å²) in [5.74, 6) is -1.27. The predicted molar refractivity (Wildman–Crippen MR) is 66.4 cm³/mol. The molecule has 1 rings (SSSR count). The second-order valence-electron chi connectivity index (χ2n) is 5.12. The van der Waals surface area contributed by atoms with Gasteiger partial charge in [-0.15, -0.1) is 0 Å². The number of hydrogen-bond acceptors (Lipinski definition) is 3. The highest BCUT2D eigenvalue weighted by Gasteiger charge is 2.31. The monoisotopic (exact) mass is 258 g/mol. The van der Waals surface area contributed by atoms with Gasteiger partial charge in [-0.3, -0.25) is 4.79 Å². The maximum atomic E-state index is 11.8. The first-order valence-corrected chi connectivity index (χ1v) is 6.25. The van der Waals surface area contributed by atoms with Crippen molar-refractivity contribution < 1.29 is 19.4 Å². The van der Waals surface area contributed by atoms with E-state index in [1.165, 1.54) is 0 Å². The van der Waals surface area contributed by atoms with Crippen molar-refractivity contribution in [3.63, 3.8) is 0 Å². The zero-order valence-electron chi connectivity index (χ0n) is 11.2. The van der Waals surface area contributed by atoms with Crippen molar-refractivity contribution in [2.75, 3.05) is 26.2 Å². The molecule has 1 aliphatic rings. The first-order chi connectivity index (χ1) is 8.35. The molecule has 2 amide bonds. The van der Waals surface area contributed by atoms with Gasteiger partial charge < -0.3 is 20.1 Å². The van der Waals surface area contributed by atoms with Crippen LogP contribution in [0.25, 0.3) is 0 Å². The van der Waals surface area contributed by atoms with E-state index in [9.17, 15) is 9.59 Å². The van der Waals surface area contributed by atoms with Gasteiger partial charge in [-0.2, -0.15) is 0 Å². The summed E-state index contributed by atoms with van der Waals surface area (Å²) in [6.45, 7) is 7.50. The lowest BCUT2D eigenvalue weighted by molar-refractivity contribution is -0.141. The molecule has 1 saturated heterocycles. The number of rotatable bonds is 5. The van der Waals surface area contributed by atoms with Crippen LogP contribution in [-0.4, -0.2) is 53.8 Å². The first kappa shape index (κ1) is 14.8. The van der Waals surface area contributed by atoms with E-state index >= 15 is 0 Å². The third-order valence-electron chi connectivity index (χ3n) is 3.03. The van der Waals surface area contributed by atoms with Gasteiger partial charge in [-0.1, -0.05) is 0 Å². The molecule has 1 atom stereocenters. The van der Waals surface area contributed by atoms with E-state index in [2.05, 4.69) is 5.32 Å². The fourth-order valence-electron chi connectivity index (χ4n) is 1.99. The Morgan fingerprint density at radius 1 is 1.50 bits per heavy atom. The number of aliphatic carboxylic acids is 1. The average Bonchev–Trinajstić information content (AvgIpc) is 2.75. The minimum Gasteiger partial charge on any atom is -0.481 e. The van der Waals surface area contributed by atoms with Crippen molar-refractivity contribution in [1.29, 1.82) is 0 Å². The van der Waals surface area contributed by atoms with E-state index in [4.69, 9.17) is 9.84 Å². The topological polar surface area (TPSA) is 78.9 Å². The van der Waals surface area contributed by atoms with Crippen molar-refractivity contribution in [1.82, 2.24) is 10.2 Å². The van der Waals surface area contributed by atoms with Crippen LogP contribution in [0.1, 0.15) is 27.2 Å². The molecular formula is C12H22N2O4. The van der Waals surface area contributed by atoms with Gasteiger partial charge in [0.15, 0.2) is 0 Å². The first-order valence-electron chi connectivity index (χ1n) is 6.25. The lowest BCUT2D eigenvalue weighted by atomic mass is 10.1. The Kier molecular flexibility index (Phi) is 4.95. The van der Waals surface area contributed by atoms with Gasteiger partial charge in [0.05, 0.1) is 11.5 Å². The number of carbonyl (C=O) groups excluding carboxylic acids is 1. The fraction of sp³-hybridized carbons (Fsp3) is 0.833. The van der Waals surface area contributed by atoms with Crippen molar-refractivity contribution in [3.8, 4) is 0 Å². The highest BCUT2D eigenvalue weighted by Crippen LogP contribution is 2.16. The van der Waals surface area contributed by atoms with Gasteiger partial charge in [-0.25, -0.2) is 4.79 Å². The Balaban J connectivity index is 2.36. The Morgan fingerprint density at radius 2 is 2.17 bits per heavy atom. The molecule has 18 heavy (non-hydrogen) atoms. The van der Waals surface area contributed by atoms with Crippen LogP contribution in [0.3, 0.4) is 0 Å². The quantitative estimate of drug-likeness (QED) is 0.768. The molecule has 0 aromatic rings. The molecule has 1 unspecified atom stereocenters. The molecule has 0 radical (unpaired) electrons. The van der Waals surface area contributed by atoms with Gasteiger partial charge in [0.2, 0.25) is 0 Å². The largest absolute Gasteiger partial charge is 0.481 e. The molecule has 0 spiro atoms. The number of urea groups is 1. The van der Waals surface area contributed by atoms with Crippen molar-refractivity contribution >= 4 is 12.0 Å². The molecule has 2 N–H and O–H groups in total. The summed E-state index contributed by atoms with van der Waals surface area (Å²) in [5.41, 5.74) is -0.406. The lowest BCUT2D eigenvalue weighted by Crippen LogP contribution is -2.46. The molecule has 6 nitrogen and oxygen atoms in total. The van der Waals surface area contributed by atoms with E-state index in [-0.39, 0.29) is 12.6 Å². The zero-order chi connectivity index (χ0) is 13.8. The summed E-state index contributed by atoms with van der Waals surface area (Å²) in [4.78, 5) is 24.2. The average molecular weight is 258 g/mol. The van der Waals surface area contributed by atoms with Crippen molar-refractivity contribution in [2.24, 2.45) is 5.92 Å². The number of carboxylic acid groups (broad SMARTS) is 1. The SMILES string of the molecule is CCOC(C)(C)CNC(=O)N1CCC(C(=O)O)C1. The number of likely N-dealkylation sites (tertiary alicyclic amines) is 1. The number of carbonyl (C=O) groups is 2. The summed E-state index contributed by atoms with van der Waals surface area (Å²) in [5, 5.41) is 11.6. The zero-order valence-corrected chi connectivity index (χ0v) is 11.2. The van der Waals surface area contributed by atoms with Crippen LogP contribution in [0.4, 0.5) is 4.79 Å². The highest BCUT2D eigenvalue weighted by atomic mass is 16.5. The number of ether oxygens (including phenoxy) is 1. The minimum atomic E-state index is -0.833. The Morgan fingerprint density at radius 3 is 2.67 bits per heavy atom. The van der Waals surface area contributed by atoms with E-state index in [1.807, 2.05) is 20.8 Å². The number of carboxylic acids is 1. The molecule has 1 fully saturated rings. The molecule has 0 aliphatic carbocycles. The maximum absolute atomic E-state index is 11.8. The van der Waals surface area contributed by atoms with E-state index in [0.717, 1.165) is 0 Å². The molecular weight excluding hydrogens is 236 g/mol. The maximum Gasteiger partial charge on any atom is 0.317 e. The number of amides is 2. The molecule has 104 valence electrons.